The zero-order valence-corrected chi connectivity index (χ0v) is 15.3. The number of benzene rings is 2. The second-order valence-corrected chi connectivity index (χ2v) is 7.44. The number of sulfonamides is 1. The van der Waals surface area contributed by atoms with Crippen molar-refractivity contribution in [1.29, 1.82) is 0 Å². The van der Waals surface area contributed by atoms with E-state index < -0.39 is 10.0 Å². The number of halogens is 1. The fourth-order valence-corrected chi connectivity index (χ4v) is 3.80. The highest BCUT2D eigenvalue weighted by atomic mass is 79.9. The van der Waals surface area contributed by atoms with Crippen molar-refractivity contribution >= 4 is 26.0 Å². The fourth-order valence-electron chi connectivity index (χ4n) is 2.06. The van der Waals surface area contributed by atoms with Gasteiger partial charge in [-0.1, -0.05) is 28.1 Å². The maximum atomic E-state index is 12.4. The molecule has 0 fully saturated rings. The molecule has 0 saturated carbocycles. The summed E-state index contributed by atoms with van der Waals surface area (Å²) < 4.78 is 38.3. The molecule has 2 aromatic carbocycles. The summed E-state index contributed by atoms with van der Waals surface area (Å²) in [6.07, 6.45) is 0.583. The van der Waals surface area contributed by atoms with Crippen molar-refractivity contribution in [1.82, 2.24) is 4.72 Å². The first kappa shape index (κ1) is 17.8. The zero-order valence-electron chi connectivity index (χ0n) is 12.9. The number of hydrogen-bond donors (Lipinski definition) is 1. The molecule has 0 saturated heterocycles. The van der Waals surface area contributed by atoms with E-state index in [-0.39, 0.29) is 4.90 Å². The van der Waals surface area contributed by atoms with Crippen molar-refractivity contribution in [2.24, 2.45) is 0 Å². The van der Waals surface area contributed by atoms with E-state index in [1.807, 2.05) is 24.3 Å². The minimum absolute atomic E-state index is 0.115. The molecular formula is C16H18BrNO4S. The summed E-state index contributed by atoms with van der Waals surface area (Å²) in [6, 6.07) is 12.4. The molecule has 124 valence electrons. The number of nitrogens with one attached hydrogen (secondary N) is 1. The number of methoxy groups -OCH3 is 2. The molecule has 2 rings (SSSR count). The Balaban J connectivity index is 2.05. The van der Waals surface area contributed by atoms with Gasteiger partial charge in [0.25, 0.3) is 0 Å². The Labute approximate surface area is 144 Å². The van der Waals surface area contributed by atoms with Crippen LogP contribution < -0.4 is 14.2 Å². The van der Waals surface area contributed by atoms with Crippen LogP contribution in [0.25, 0.3) is 0 Å². The van der Waals surface area contributed by atoms with Gasteiger partial charge in [-0.25, -0.2) is 13.1 Å². The normalized spacial score (nSPS) is 11.3. The average Bonchev–Trinajstić information content (AvgIpc) is 2.55. The third-order valence-electron chi connectivity index (χ3n) is 3.28. The number of ether oxygens (including phenoxy) is 2. The molecule has 0 aliphatic heterocycles. The molecule has 0 spiro atoms. The third-order valence-corrected chi connectivity index (χ3v) is 5.26. The predicted octanol–water partition coefficient (Wildman–Crippen LogP) is 2.99. The molecule has 0 unspecified atom stereocenters. The van der Waals surface area contributed by atoms with E-state index >= 15 is 0 Å². The Morgan fingerprint density at radius 1 is 1.04 bits per heavy atom. The van der Waals surface area contributed by atoms with Crippen LogP contribution >= 0.6 is 15.9 Å². The maximum Gasteiger partial charge on any atom is 0.244 e. The second-order valence-electron chi connectivity index (χ2n) is 4.79. The van der Waals surface area contributed by atoms with E-state index in [0.717, 1.165) is 11.3 Å². The van der Waals surface area contributed by atoms with Crippen LogP contribution in [-0.2, 0) is 16.4 Å². The van der Waals surface area contributed by atoms with Crippen LogP contribution in [-0.4, -0.2) is 29.2 Å². The van der Waals surface area contributed by atoms with Crippen molar-refractivity contribution in [2.45, 2.75) is 11.3 Å². The van der Waals surface area contributed by atoms with Crippen LogP contribution in [0.4, 0.5) is 0 Å². The maximum absolute atomic E-state index is 12.4. The molecule has 0 aliphatic rings. The molecule has 5 nitrogen and oxygen atoms in total. The van der Waals surface area contributed by atoms with Crippen molar-refractivity contribution in [2.75, 3.05) is 20.8 Å². The minimum Gasteiger partial charge on any atom is -0.497 e. The van der Waals surface area contributed by atoms with Crippen LogP contribution in [0.15, 0.2) is 51.8 Å². The molecule has 0 aliphatic carbocycles. The van der Waals surface area contributed by atoms with Gasteiger partial charge in [-0.3, -0.25) is 0 Å². The summed E-state index contributed by atoms with van der Waals surface area (Å²) in [5.74, 6) is 1.08. The summed E-state index contributed by atoms with van der Waals surface area (Å²) in [4.78, 5) is 0.115. The summed E-state index contributed by atoms with van der Waals surface area (Å²) >= 11 is 3.28. The lowest BCUT2D eigenvalue weighted by Crippen LogP contribution is -2.26. The standard InChI is InChI=1S/C16H18BrNO4S/c1-21-14-6-3-12(4-7-14)9-10-18-23(19,20)16-11-13(17)5-8-15(16)22-2/h3-8,11,18H,9-10H2,1-2H3. The molecule has 0 radical (unpaired) electrons. The Morgan fingerprint density at radius 3 is 2.35 bits per heavy atom. The van der Waals surface area contributed by atoms with Gasteiger partial charge in [0.2, 0.25) is 10.0 Å². The van der Waals surface area contributed by atoms with E-state index in [1.54, 1.807) is 19.2 Å². The fraction of sp³-hybridized carbons (Fsp3) is 0.250. The lowest BCUT2D eigenvalue weighted by molar-refractivity contribution is 0.402. The molecule has 0 bridgehead atoms. The first-order chi connectivity index (χ1) is 11.0. The van der Waals surface area contributed by atoms with Crippen molar-refractivity contribution in [3.05, 3.63) is 52.5 Å². The van der Waals surface area contributed by atoms with Crippen molar-refractivity contribution in [3.63, 3.8) is 0 Å². The van der Waals surface area contributed by atoms with Crippen LogP contribution in [0.2, 0.25) is 0 Å². The minimum atomic E-state index is -3.64. The van der Waals surface area contributed by atoms with Gasteiger partial charge in [-0.2, -0.15) is 0 Å². The number of hydrogen-bond acceptors (Lipinski definition) is 4. The predicted molar refractivity (Wildman–Crippen MR) is 92.6 cm³/mol. The highest BCUT2D eigenvalue weighted by Crippen LogP contribution is 2.27. The lowest BCUT2D eigenvalue weighted by atomic mass is 10.1. The summed E-state index contributed by atoms with van der Waals surface area (Å²) in [7, 11) is -0.588. The second kappa shape index (κ2) is 7.81. The van der Waals surface area contributed by atoms with E-state index in [0.29, 0.717) is 23.2 Å². The first-order valence-electron chi connectivity index (χ1n) is 6.92. The van der Waals surface area contributed by atoms with Gasteiger partial charge in [-0.15, -0.1) is 0 Å². The monoisotopic (exact) mass is 399 g/mol. The molecule has 0 atom stereocenters. The molecule has 7 heteroatoms. The van der Waals surface area contributed by atoms with Crippen LogP contribution in [0.1, 0.15) is 5.56 Å². The van der Waals surface area contributed by atoms with Gasteiger partial charge < -0.3 is 9.47 Å². The van der Waals surface area contributed by atoms with Gasteiger partial charge in [0.15, 0.2) is 0 Å². The molecule has 23 heavy (non-hydrogen) atoms. The average molecular weight is 400 g/mol. The van der Waals surface area contributed by atoms with Gasteiger partial charge in [0.1, 0.15) is 16.4 Å². The van der Waals surface area contributed by atoms with Crippen LogP contribution in [0.3, 0.4) is 0 Å². The van der Waals surface area contributed by atoms with E-state index in [1.165, 1.54) is 13.2 Å². The van der Waals surface area contributed by atoms with E-state index in [2.05, 4.69) is 20.7 Å². The lowest BCUT2D eigenvalue weighted by Gasteiger charge is -2.11. The van der Waals surface area contributed by atoms with Crippen LogP contribution in [0.5, 0.6) is 11.5 Å². The van der Waals surface area contributed by atoms with E-state index in [4.69, 9.17) is 9.47 Å². The zero-order chi connectivity index (χ0) is 16.9. The highest BCUT2D eigenvalue weighted by Gasteiger charge is 2.19. The van der Waals surface area contributed by atoms with Gasteiger partial charge >= 0.3 is 0 Å². The van der Waals surface area contributed by atoms with Gasteiger partial charge in [0, 0.05) is 11.0 Å². The largest absolute Gasteiger partial charge is 0.497 e. The molecule has 2 aromatic rings. The van der Waals surface area contributed by atoms with Gasteiger partial charge in [-0.05, 0) is 42.3 Å². The molecule has 0 aromatic heterocycles. The van der Waals surface area contributed by atoms with E-state index in [9.17, 15) is 8.42 Å². The Morgan fingerprint density at radius 2 is 1.74 bits per heavy atom. The summed E-state index contributed by atoms with van der Waals surface area (Å²) in [5, 5.41) is 0. The number of rotatable bonds is 7. The van der Waals surface area contributed by atoms with Gasteiger partial charge in [0.05, 0.1) is 14.2 Å². The molecule has 0 heterocycles. The van der Waals surface area contributed by atoms with Crippen LogP contribution in [0, 0.1) is 0 Å². The quantitative estimate of drug-likeness (QED) is 0.776. The topological polar surface area (TPSA) is 64.6 Å². The third kappa shape index (κ3) is 4.70. The molecule has 1 N–H and O–H groups in total. The smallest absolute Gasteiger partial charge is 0.244 e. The SMILES string of the molecule is COc1ccc(CCNS(=O)(=O)c2cc(Br)ccc2OC)cc1. The first-order valence-corrected chi connectivity index (χ1v) is 9.20. The highest BCUT2D eigenvalue weighted by molar-refractivity contribution is 9.10. The molecule has 0 amide bonds. The van der Waals surface area contributed by atoms with Crippen molar-refractivity contribution in [3.8, 4) is 11.5 Å². The summed E-state index contributed by atoms with van der Waals surface area (Å²) in [5.41, 5.74) is 1.02. The Bertz CT molecular complexity index is 760. The Kier molecular flexibility index (Phi) is 6.04. The summed E-state index contributed by atoms with van der Waals surface area (Å²) in [6.45, 7) is 0.296. The van der Waals surface area contributed by atoms with Crippen molar-refractivity contribution < 1.29 is 17.9 Å². The molecular weight excluding hydrogens is 382 g/mol. The Hall–Kier alpha value is -1.57.